The van der Waals surface area contributed by atoms with Crippen LogP contribution in [0.25, 0.3) is 0 Å². The first-order valence-corrected chi connectivity index (χ1v) is 3.62. The second-order valence-electron chi connectivity index (χ2n) is 2.80. The largest absolute Gasteiger partial charge is 1.00 e. The molecule has 2 N–H and O–H groups in total. The number of carbonyl (C=O) groups is 2. The van der Waals surface area contributed by atoms with Crippen molar-refractivity contribution >= 4 is 11.9 Å². The molecule has 0 fully saturated rings. The van der Waals surface area contributed by atoms with Gasteiger partial charge in [-0.1, -0.05) is 6.08 Å². The van der Waals surface area contributed by atoms with Gasteiger partial charge in [-0.15, -0.1) is 0 Å². The average molecular weight is 244 g/mol. The van der Waals surface area contributed by atoms with Crippen LogP contribution in [0.1, 0.15) is 0 Å². The summed E-state index contributed by atoms with van der Waals surface area (Å²) in [6.45, 7) is 0. The van der Waals surface area contributed by atoms with Gasteiger partial charge in [0.25, 0.3) is 0 Å². The fourth-order valence-electron chi connectivity index (χ4n) is 0.993. The molecule has 0 aromatic carbocycles. The van der Waals surface area contributed by atoms with Crippen molar-refractivity contribution in [1.82, 2.24) is 0 Å². The monoisotopic (exact) mass is 244 g/mol. The van der Waals surface area contributed by atoms with E-state index in [0.29, 0.717) is 12.2 Å². The van der Waals surface area contributed by atoms with Gasteiger partial charge < -0.3 is 30.0 Å². The van der Waals surface area contributed by atoms with Crippen LogP contribution in [-0.4, -0.2) is 33.9 Å². The minimum Gasteiger partial charge on any atom is -0.547 e. The summed E-state index contributed by atoms with van der Waals surface area (Å²) < 4.78 is 0. The molecular weight excluding hydrogens is 238 g/mol. The van der Waals surface area contributed by atoms with Crippen molar-refractivity contribution in [2.24, 2.45) is 0 Å². The molecule has 76 valence electrons. The maximum Gasteiger partial charge on any atom is 1.00 e. The summed E-state index contributed by atoms with van der Waals surface area (Å²) in [5, 5.41) is 39.1. The van der Waals surface area contributed by atoms with Gasteiger partial charge in [-0.05, 0) is 17.7 Å². The number of rotatable bonds is 2. The topological polar surface area (TPSA) is 121 Å². The maximum absolute atomic E-state index is 10.4. The number of hydrogen-bond donors (Lipinski definition) is 2. The molecular formula is C8H6Na2O6. The van der Waals surface area contributed by atoms with E-state index >= 15 is 0 Å². The molecule has 16 heavy (non-hydrogen) atoms. The molecule has 0 aromatic rings. The molecule has 6 nitrogen and oxygen atoms in total. The minimum atomic E-state index is -2.58. The molecule has 8 heteroatoms. The van der Waals surface area contributed by atoms with E-state index in [2.05, 4.69) is 0 Å². The normalized spacial score (nSPS) is 27.1. The molecule has 0 saturated carbocycles. The van der Waals surface area contributed by atoms with Crippen molar-refractivity contribution in [3.05, 3.63) is 23.8 Å². The number of aliphatic carboxylic acids is 2. The van der Waals surface area contributed by atoms with Gasteiger partial charge in [0.1, 0.15) is 6.10 Å². The van der Waals surface area contributed by atoms with E-state index in [9.17, 15) is 24.9 Å². The SMILES string of the molecule is O=C([O-])C1=CC(O)C(O)(C(=O)[O-])C=C1.[Na+].[Na+]. The summed E-state index contributed by atoms with van der Waals surface area (Å²) >= 11 is 0. The summed E-state index contributed by atoms with van der Waals surface area (Å²) in [6.07, 6.45) is 0.270. The Morgan fingerprint density at radius 3 is 2.12 bits per heavy atom. The van der Waals surface area contributed by atoms with Crippen LogP contribution in [-0.2, 0) is 9.59 Å². The van der Waals surface area contributed by atoms with Gasteiger partial charge in [0.15, 0.2) is 5.60 Å². The number of hydrogen-bond acceptors (Lipinski definition) is 6. The molecule has 0 aromatic heterocycles. The Balaban J connectivity index is 0. The first kappa shape index (κ1) is 18.7. The van der Waals surface area contributed by atoms with Gasteiger partial charge in [0, 0.05) is 0 Å². The fraction of sp³-hybridized carbons (Fsp3) is 0.250. The van der Waals surface area contributed by atoms with E-state index in [4.69, 9.17) is 5.11 Å². The fourth-order valence-corrected chi connectivity index (χ4v) is 0.993. The molecule has 0 heterocycles. The number of carbonyl (C=O) groups excluding carboxylic acids is 2. The van der Waals surface area contributed by atoms with E-state index in [-0.39, 0.29) is 59.1 Å². The zero-order valence-corrected chi connectivity index (χ0v) is 12.8. The smallest absolute Gasteiger partial charge is 0.547 e. The molecule has 2 unspecified atom stereocenters. The molecule has 0 spiro atoms. The molecule has 0 radical (unpaired) electrons. The second-order valence-corrected chi connectivity index (χ2v) is 2.80. The van der Waals surface area contributed by atoms with Gasteiger partial charge in [-0.2, -0.15) is 0 Å². The number of carboxylic acids is 2. The molecule has 1 aliphatic carbocycles. The third-order valence-electron chi connectivity index (χ3n) is 1.87. The van der Waals surface area contributed by atoms with Gasteiger partial charge in [-0.3, -0.25) is 0 Å². The minimum absolute atomic E-state index is 0. The zero-order chi connectivity index (χ0) is 10.9. The Kier molecular flexibility index (Phi) is 8.10. The van der Waals surface area contributed by atoms with Crippen LogP contribution in [0, 0.1) is 0 Å². The Morgan fingerprint density at radius 1 is 1.31 bits per heavy atom. The van der Waals surface area contributed by atoms with Gasteiger partial charge in [0.05, 0.1) is 11.9 Å². The molecule has 0 saturated heterocycles. The van der Waals surface area contributed by atoms with E-state index in [1.54, 1.807) is 0 Å². The van der Waals surface area contributed by atoms with Crippen molar-refractivity contribution in [2.45, 2.75) is 11.7 Å². The van der Waals surface area contributed by atoms with Crippen LogP contribution in [0.15, 0.2) is 23.8 Å². The summed E-state index contributed by atoms with van der Waals surface area (Å²) in [5.41, 5.74) is -2.98. The average Bonchev–Trinajstić information content (AvgIpc) is 2.09. The van der Waals surface area contributed by atoms with Gasteiger partial charge >= 0.3 is 59.1 Å². The third kappa shape index (κ3) is 3.68. The third-order valence-corrected chi connectivity index (χ3v) is 1.87. The Labute approximate surface area is 135 Å². The zero-order valence-electron chi connectivity index (χ0n) is 8.84. The van der Waals surface area contributed by atoms with Gasteiger partial charge in [-0.25, -0.2) is 0 Å². The number of aliphatic hydroxyl groups is 2. The van der Waals surface area contributed by atoms with Crippen LogP contribution in [0.5, 0.6) is 0 Å². The molecule has 0 amide bonds. The van der Waals surface area contributed by atoms with Crippen molar-refractivity contribution < 1.29 is 89.1 Å². The summed E-state index contributed by atoms with van der Waals surface area (Å²) in [6, 6.07) is 0. The Bertz CT molecular complexity index is 350. The quantitative estimate of drug-likeness (QED) is 0.465. The number of aliphatic hydroxyl groups excluding tert-OH is 1. The second kappa shape index (κ2) is 6.93. The summed E-state index contributed by atoms with van der Waals surface area (Å²) in [7, 11) is 0. The standard InChI is InChI=1S/C8H8O6.2Na/c9-5-3-4(6(10)11)1-2-8(5,14)7(12)13;;/h1-3,5,9,14H,(H,10,11)(H,12,13);;/q;2*+1/p-2. The van der Waals surface area contributed by atoms with E-state index in [1.165, 1.54) is 0 Å². The maximum atomic E-state index is 10.4. The molecule has 1 aliphatic rings. The first-order valence-electron chi connectivity index (χ1n) is 3.62. The van der Waals surface area contributed by atoms with Crippen LogP contribution in [0.3, 0.4) is 0 Å². The Morgan fingerprint density at radius 2 is 1.81 bits per heavy atom. The van der Waals surface area contributed by atoms with E-state index in [1.807, 2.05) is 0 Å². The van der Waals surface area contributed by atoms with E-state index < -0.39 is 29.2 Å². The van der Waals surface area contributed by atoms with Crippen molar-refractivity contribution in [3.63, 3.8) is 0 Å². The summed E-state index contributed by atoms with van der Waals surface area (Å²) in [4.78, 5) is 20.7. The van der Waals surface area contributed by atoms with Crippen LogP contribution in [0.4, 0.5) is 0 Å². The molecule has 0 aliphatic heterocycles. The van der Waals surface area contributed by atoms with Crippen molar-refractivity contribution in [1.29, 1.82) is 0 Å². The van der Waals surface area contributed by atoms with Crippen molar-refractivity contribution in [3.8, 4) is 0 Å². The van der Waals surface area contributed by atoms with Crippen molar-refractivity contribution in [2.75, 3.05) is 0 Å². The van der Waals surface area contributed by atoms with Crippen LogP contribution < -0.4 is 69.3 Å². The van der Waals surface area contributed by atoms with Crippen LogP contribution >= 0.6 is 0 Å². The predicted molar refractivity (Wildman–Crippen MR) is 38.2 cm³/mol. The Hall–Kier alpha value is 0.340. The van der Waals surface area contributed by atoms with Gasteiger partial charge in [0.2, 0.25) is 0 Å². The summed E-state index contributed by atoms with van der Waals surface area (Å²) in [5.74, 6) is -3.48. The predicted octanol–water partition coefficient (Wildman–Crippen LogP) is -9.92. The first-order chi connectivity index (χ1) is 6.38. The molecule has 0 bridgehead atoms. The van der Waals surface area contributed by atoms with Crippen LogP contribution in [0.2, 0.25) is 0 Å². The molecule has 2 atom stereocenters. The van der Waals surface area contributed by atoms with E-state index in [0.717, 1.165) is 6.08 Å². The molecule has 1 rings (SSSR count). The number of carboxylic acid groups (broad SMARTS) is 2.